The number of benzene rings is 2. The van der Waals surface area contributed by atoms with Crippen molar-refractivity contribution in [3.05, 3.63) is 74.1 Å². The second-order valence-corrected chi connectivity index (χ2v) is 5.91. The zero-order valence-electron chi connectivity index (χ0n) is 12.0. The first-order valence-corrected chi connectivity index (χ1v) is 7.50. The Balaban J connectivity index is 2.00. The average molecular weight is 348 g/mol. The third kappa shape index (κ3) is 3.23. The topological polar surface area (TPSA) is 59.3 Å². The van der Waals surface area contributed by atoms with E-state index in [1.165, 1.54) is 12.1 Å². The fourth-order valence-corrected chi connectivity index (χ4v) is 2.64. The van der Waals surface area contributed by atoms with Gasteiger partial charge in [0.25, 0.3) is 5.91 Å². The third-order valence-corrected chi connectivity index (χ3v) is 3.86. The van der Waals surface area contributed by atoms with Crippen LogP contribution in [0.15, 0.2) is 51.7 Å². The van der Waals surface area contributed by atoms with E-state index in [1.54, 1.807) is 18.2 Å². The first kappa shape index (κ1) is 15.6. The molecule has 3 rings (SSSR count). The van der Waals surface area contributed by atoms with E-state index in [-0.39, 0.29) is 10.6 Å². The number of halogens is 2. The Kier molecular flexibility index (Phi) is 4.11. The summed E-state index contributed by atoms with van der Waals surface area (Å²) in [5, 5.41) is 4.00. The zero-order valence-corrected chi connectivity index (χ0v) is 13.5. The highest BCUT2D eigenvalue weighted by atomic mass is 35.5. The number of aryl methyl sites for hydroxylation is 1. The summed E-state index contributed by atoms with van der Waals surface area (Å²) in [6, 6.07) is 11.5. The summed E-state index contributed by atoms with van der Waals surface area (Å²) >= 11 is 11.8. The molecule has 0 fully saturated rings. The minimum absolute atomic E-state index is 0.0888. The fraction of sp³-hybridized carbons (Fsp3) is 0.0588. The van der Waals surface area contributed by atoms with Gasteiger partial charge in [-0.15, -0.1) is 0 Å². The van der Waals surface area contributed by atoms with Crippen molar-refractivity contribution in [3.8, 4) is 0 Å². The maximum absolute atomic E-state index is 12.3. The summed E-state index contributed by atoms with van der Waals surface area (Å²) in [7, 11) is 0. The van der Waals surface area contributed by atoms with Crippen molar-refractivity contribution in [1.29, 1.82) is 0 Å². The Bertz CT molecular complexity index is 979. The molecular formula is C17H11Cl2NO3. The van der Waals surface area contributed by atoms with Crippen LogP contribution in [0.2, 0.25) is 10.0 Å². The minimum Gasteiger partial charge on any atom is -0.422 e. The van der Waals surface area contributed by atoms with Gasteiger partial charge in [0.1, 0.15) is 11.1 Å². The van der Waals surface area contributed by atoms with E-state index >= 15 is 0 Å². The van der Waals surface area contributed by atoms with E-state index < -0.39 is 11.5 Å². The largest absolute Gasteiger partial charge is 0.422 e. The molecule has 1 amide bonds. The Morgan fingerprint density at radius 2 is 1.87 bits per heavy atom. The van der Waals surface area contributed by atoms with E-state index in [2.05, 4.69) is 5.32 Å². The lowest BCUT2D eigenvalue weighted by Crippen LogP contribution is -2.20. The molecule has 1 aromatic heterocycles. The predicted molar refractivity (Wildman–Crippen MR) is 91.6 cm³/mol. The number of hydrogen-bond donors (Lipinski definition) is 1. The Morgan fingerprint density at radius 3 is 2.61 bits per heavy atom. The number of fused-ring (bicyclic) bond motifs is 1. The number of carbonyl (C=O) groups is 1. The third-order valence-electron chi connectivity index (χ3n) is 3.31. The van der Waals surface area contributed by atoms with Crippen molar-refractivity contribution in [2.24, 2.45) is 0 Å². The van der Waals surface area contributed by atoms with Crippen LogP contribution in [0.5, 0.6) is 0 Å². The molecule has 23 heavy (non-hydrogen) atoms. The highest BCUT2D eigenvalue weighted by Crippen LogP contribution is 2.26. The monoisotopic (exact) mass is 347 g/mol. The van der Waals surface area contributed by atoms with Gasteiger partial charge in [0, 0.05) is 10.4 Å². The quantitative estimate of drug-likeness (QED) is 0.685. The first-order chi connectivity index (χ1) is 10.9. The van der Waals surface area contributed by atoms with Crippen LogP contribution >= 0.6 is 23.2 Å². The molecule has 0 aliphatic rings. The molecule has 6 heteroatoms. The molecule has 0 bridgehead atoms. The molecular weight excluding hydrogens is 337 g/mol. The van der Waals surface area contributed by atoms with Gasteiger partial charge in [-0.05, 0) is 43.3 Å². The van der Waals surface area contributed by atoms with Crippen molar-refractivity contribution in [2.75, 3.05) is 5.32 Å². The fourth-order valence-electron chi connectivity index (χ4n) is 2.18. The Labute approximate surface area is 141 Å². The van der Waals surface area contributed by atoms with Crippen LogP contribution in [0.1, 0.15) is 15.9 Å². The lowest BCUT2D eigenvalue weighted by Gasteiger charge is -2.07. The van der Waals surface area contributed by atoms with E-state index in [0.717, 1.165) is 5.56 Å². The summed E-state index contributed by atoms with van der Waals surface area (Å²) in [4.78, 5) is 24.3. The molecule has 0 aliphatic heterocycles. The molecule has 1 heterocycles. The van der Waals surface area contributed by atoms with E-state index in [1.807, 2.05) is 19.1 Å². The molecule has 4 nitrogen and oxygen atoms in total. The summed E-state index contributed by atoms with van der Waals surface area (Å²) < 4.78 is 5.19. The van der Waals surface area contributed by atoms with Crippen molar-refractivity contribution in [2.45, 2.75) is 6.92 Å². The van der Waals surface area contributed by atoms with Crippen LogP contribution in [-0.2, 0) is 0 Å². The zero-order chi connectivity index (χ0) is 16.6. The molecule has 0 saturated carbocycles. The second-order valence-electron chi connectivity index (χ2n) is 5.07. The molecule has 0 aliphatic carbocycles. The molecule has 116 valence electrons. The van der Waals surface area contributed by atoms with Crippen LogP contribution in [0, 0.1) is 6.92 Å². The van der Waals surface area contributed by atoms with Crippen LogP contribution < -0.4 is 10.9 Å². The molecule has 0 radical (unpaired) electrons. The molecule has 0 spiro atoms. The summed E-state index contributed by atoms with van der Waals surface area (Å²) in [6.07, 6.45) is 0. The first-order valence-electron chi connectivity index (χ1n) is 6.75. The SMILES string of the molecule is Cc1ccc2oc(=O)c(C(=O)Nc3ccc(Cl)cc3Cl)cc2c1. The lowest BCUT2D eigenvalue weighted by molar-refractivity contribution is 0.102. The van der Waals surface area contributed by atoms with Gasteiger partial charge in [0.2, 0.25) is 0 Å². The highest BCUT2D eigenvalue weighted by molar-refractivity contribution is 6.36. The Hall–Kier alpha value is -2.30. The minimum atomic E-state index is -0.705. The molecule has 3 aromatic rings. The average Bonchev–Trinajstić information content (AvgIpc) is 2.49. The van der Waals surface area contributed by atoms with Gasteiger partial charge in [0.15, 0.2) is 0 Å². The van der Waals surface area contributed by atoms with Crippen molar-refractivity contribution in [1.82, 2.24) is 0 Å². The molecule has 1 N–H and O–H groups in total. The molecule has 0 saturated heterocycles. The smallest absolute Gasteiger partial charge is 0.349 e. The number of carbonyl (C=O) groups excluding carboxylic acids is 1. The second kappa shape index (κ2) is 6.07. The van der Waals surface area contributed by atoms with E-state index in [4.69, 9.17) is 27.6 Å². The van der Waals surface area contributed by atoms with E-state index in [0.29, 0.717) is 21.7 Å². The number of hydrogen-bond acceptors (Lipinski definition) is 3. The molecule has 0 atom stereocenters. The Morgan fingerprint density at radius 1 is 1.09 bits per heavy atom. The van der Waals surface area contributed by atoms with Crippen LogP contribution in [0.3, 0.4) is 0 Å². The maximum Gasteiger partial charge on any atom is 0.349 e. The molecule has 0 unspecified atom stereocenters. The molecule has 2 aromatic carbocycles. The standard InChI is InChI=1S/C17H11Cl2NO3/c1-9-2-5-15-10(6-9)7-12(17(22)23-15)16(21)20-14-4-3-11(18)8-13(14)19/h2-8H,1H3,(H,20,21). The summed E-state index contributed by atoms with van der Waals surface area (Å²) in [5.74, 6) is -0.591. The number of amides is 1. The number of nitrogens with one attached hydrogen (secondary N) is 1. The summed E-state index contributed by atoms with van der Waals surface area (Å²) in [6.45, 7) is 1.91. The lowest BCUT2D eigenvalue weighted by atomic mass is 10.1. The van der Waals surface area contributed by atoms with E-state index in [9.17, 15) is 9.59 Å². The number of rotatable bonds is 2. The number of anilines is 1. The van der Waals surface area contributed by atoms with Gasteiger partial charge < -0.3 is 9.73 Å². The maximum atomic E-state index is 12.3. The van der Waals surface area contributed by atoms with Crippen LogP contribution in [0.4, 0.5) is 5.69 Å². The van der Waals surface area contributed by atoms with Crippen molar-refractivity contribution >= 4 is 45.8 Å². The van der Waals surface area contributed by atoms with Gasteiger partial charge >= 0.3 is 5.63 Å². The normalized spacial score (nSPS) is 10.7. The van der Waals surface area contributed by atoms with Crippen LogP contribution in [-0.4, -0.2) is 5.91 Å². The van der Waals surface area contributed by atoms with Gasteiger partial charge in [-0.25, -0.2) is 4.79 Å². The van der Waals surface area contributed by atoms with Gasteiger partial charge in [0.05, 0.1) is 10.7 Å². The predicted octanol–water partition coefficient (Wildman–Crippen LogP) is 4.66. The van der Waals surface area contributed by atoms with Crippen molar-refractivity contribution in [3.63, 3.8) is 0 Å². The van der Waals surface area contributed by atoms with Gasteiger partial charge in [-0.2, -0.15) is 0 Å². The van der Waals surface area contributed by atoms with Crippen molar-refractivity contribution < 1.29 is 9.21 Å². The van der Waals surface area contributed by atoms with Gasteiger partial charge in [-0.1, -0.05) is 34.8 Å². The van der Waals surface area contributed by atoms with Gasteiger partial charge in [-0.3, -0.25) is 4.79 Å². The highest BCUT2D eigenvalue weighted by Gasteiger charge is 2.15. The summed E-state index contributed by atoms with van der Waals surface area (Å²) in [5.41, 5.74) is 1.00. The van der Waals surface area contributed by atoms with Crippen LogP contribution in [0.25, 0.3) is 11.0 Å².